The highest BCUT2D eigenvalue weighted by molar-refractivity contribution is 6.29. The van der Waals surface area contributed by atoms with Crippen LogP contribution in [-0.2, 0) is 6.42 Å². The van der Waals surface area contributed by atoms with E-state index in [4.69, 9.17) is 21.4 Å². The van der Waals surface area contributed by atoms with Crippen LogP contribution in [0.3, 0.4) is 0 Å². The van der Waals surface area contributed by atoms with E-state index in [2.05, 4.69) is 15.5 Å². The molecule has 0 spiro atoms. The van der Waals surface area contributed by atoms with Crippen LogP contribution in [0.4, 0.5) is 5.82 Å². The minimum absolute atomic E-state index is 0.236. The Morgan fingerprint density at radius 3 is 2.13 bits per heavy atom. The maximum absolute atomic E-state index is 14.2. The van der Waals surface area contributed by atoms with Crippen LogP contribution in [0, 0.1) is 0 Å². The van der Waals surface area contributed by atoms with Crippen molar-refractivity contribution in [1.82, 2.24) is 20.0 Å². The van der Waals surface area contributed by atoms with Gasteiger partial charge in [-0.1, -0.05) is 84.4 Å². The summed E-state index contributed by atoms with van der Waals surface area (Å²) in [5.41, 5.74) is 6.32. The van der Waals surface area contributed by atoms with Gasteiger partial charge in [0.2, 0.25) is 0 Å². The quantitative estimate of drug-likeness (QED) is 0.280. The third-order valence-corrected chi connectivity index (χ3v) is 6.63. The molecule has 186 valence electrons. The van der Waals surface area contributed by atoms with Crippen molar-refractivity contribution >= 4 is 28.9 Å². The molecule has 0 bridgehead atoms. The number of hydrogen-bond acceptors (Lipinski definition) is 6. The van der Waals surface area contributed by atoms with Crippen LogP contribution in [0.2, 0.25) is 5.15 Å². The normalized spacial score (nSPS) is 12.8. The lowest BCUT2D eigenvalue weighted by Crippen LogP contribution is -2.26. The number of carbonyl (C=O) groups is 1. The minimum atomic E-state index is -0.236. The van der Waals surface area contributed by atoms with E-state index in [9.17, 15) is 4.79 Å². The first-order valence-electron chi connectivity index (χ1n) is 12.0. The molecule has 0 fully saturated rings. The van der Waals surface area contributed by atoms with Gasteiger partial charge in [0.05, 0.1) is 18.4 Å². The molecule has 1 aliphatic rings. The van der Waals surface area contributed by atoms with E-state index in [1.165, 1.54) is 4.68 Å². The lowest BCUT2D eigenvalue weighted by Gasteiger charge is -2.23. The number of ether oxygens (including phenoxy) is 1. The predicted octanol–water partition coefficient (Wildman–Crippen LogP) is 6.39. The van der Waals surface area contributed by atoms with Gasteiger partial charge in [0.1, 0.15) is 11.4 Å². The van der Waals surface area contributed by atoms with Crippen LogP contribution in [0.1, 0.15) is 16.1 Å². The van der Waals surface area contributed by atoms with E-state index < -0.39 is 0 Å². The lowest BCUT2D eigenvalue weighted by atomic mass is 9.92. The Bertz CT molecular complexity index is 1650. The van der Waals surface area contributed by atoms with E-state index >= 15 is 0 Å². The fourth-order valence-electron chi connectivity index (χ4n) is 4.68. The molecule has 7 nitrogen and oxygen atoms in total. The molecule has 3 aromatic carbocycles. The molecule has 2 aromatic heterocycles. The summed E-state index contributed by atoms with van der Waals surface area (Å²) in [6.07, 6.45) is 0.418. The maximum Gasteiger partial charge on any atom is 0.280 e. The molecule has 0 unspecified atom stereocenters. The van der Waals surface area contributed by atoms with Crippen molar-refractivity contribution in [1.29, 1.82) is 0 Å². The second-order valence-electron chi connectivity index (χ2n) is 8.74. The van der Waals surface area contributed by atoms with Gasteiger partial charge in [-0.2, -0.15) is 9.78 Å². The van der Waals surface area contributed by atoms with Crippen molar-refractivity contribution in [2.45, 2.75) is 6.42 Å². The molecular weight excluding hydrogens is 498 g/mol. The number of aromatic nitrogens is 4. The van der Waals surface area contributed by atoms with Gasteiger partial charge in [-0.3, -0.25) is 4.79 Å². The minimum Gasteiger partial charge on any atom is -0.497 e. The first kappa shape index (κ1) is 23.6. The van der Waals surface area contributed by atoms with Gasteiger partial charge in [0.15, 0.2) is 11.0 Å². The predicted molar refractivity (Wildman–Crippen MR) is 148 cm³/mol. The Morgan fingerprint density at radius 1 is 0.816 bits per heavy atom. The van der Waals surface area contributed by atoms with Crippen molar-refractivity contribution < 1.29 is 9.53 Å². The monoisotopic (exact) mass is 519 g/mol. The topological polar surface area (TPSA) is 81.9 Å². The van der Waals surface area contributed by atoms with Crippen molar-refractivity contribution in [3.05, 3.63) is 119 Å². The fraction of sp³-hybridized carbons (Fsp3) is 0.0667. The summed E-state index contributed by atoms with van der Waals surface area (Å²) in [6.45, 7) is 0. The van der Waals surface area contributed by atoms with Crippen LogP contribution in [0.25, 0.3) is 28.0 Å². The third kappa shape index (κ3) is 4.33. The van der Waals surface area contributed by atoms with Crippen LogP contribution in [0.5, 0.6) is 5.75 Å². The number of halogens is 1. The van der Waals surface area contributed by atoms with Crippen LogP contribution < -0.4 is 10.1 Å². The highest BCUT2D eigenvalue weighted by Crippen LogP contribution is 2.40. The Labute approximate surface area is 224 Å². The highest BCUT2D eigenvalue weighted by atomic mass is 35.5. The van der Waals surface area contributed by atoms with Crippen LogP contribution in [-0.4, -0.2) is 33.0 Å². The van der Waals surface area contributed by atoms with Gasteiger partial charge < -0.3 is 10.1 Å². The van der Waals surface area contributed by atoms with Crippen LogP contribution >= 0.6 is 11.6 Å². The Morgan fingerprint density at radius 2 is 1.50 bits per heavy atom. The van der Waals surface area contributed by atoms with Crippen LogP contribution in [0.15, 0.2) is 103 Å². The van der Waals surface area contributed by atoms with Crippen molar-refractivity contribution in [3.8, 4) is 28.1 Å². The Kier molecular flexibility index (Phi) is 6.19. The zero-order chi connectivity index (χ0) is 26.1. The van der Waals surface area contributed by atoms with Gasteiger partial charge in [-0.15, -0.1) is 10.2 Å². The molecule has 1 aliphatic heterocycles. The van der Waals surface area contributed by atoms with E-state index in [-0.39, 0.29) is 11.1 Å². The number of nitrogens with one attached hydrogen (secondary N) is 1. The van der Waals surface area contributed by atoms with Gasteiger partial charge in [-0.25, -0.2) is 0 Å². The summed E-state index contributed by atoms with van der Waals surface area (Å²) >= 11 is 5.96. The Hall–Kier alpha value is -4.75. The lowest BCUT2D eigenvalue weighted by molar-refractivity contribution is 0.0958. The largest absolute Gasteiger partial charge is 0.497 e. The SMILES string of the molecule is COc1ccc(C2=C(Nc3ccc(Cl)nn3)Cc3c(-c4ccccc4)c(-c4ccccc4)nn3C2=O)cc1. The number of nitrogens with zero attached hydrogens (tertiary/aromatic N) is 4. The molecule has 1 N–H and O–H groups in total. The average Bonchev–Trinajstić information content (AvgIpc) is 3.35. The third-order valence-electron chi connectivity index (χ3n) is 6.43. The summed E-state index contributed by atoms with van der Waals surface area (Å²) in [5, 5.41) is 16.6. The number of rotatable bonds is 6. The molecule has 0 saturated carbocycles. The molecule has 6 rings (SSSR count). The first-order valence-corrected chi connectivity index (χ1v) is 12.4. The molecule has 5 aromatic rings. The molecule has 0 amide bonds. The molecular formula is C30H22ClN5O2. The summed E-state index contributed by atoms with van der Waals surface area (Å²) in [4.78, 5) is 14.2. The molecule has 3 heterocycles. The van der Waals surface area contributed by atoms with Gasteiger partial charge >= 0.3 is 0 Å². The van der Waals surface area contributed by atoms with E-state index in [0.717, 1.165) is 33.6 Å². The summed E-state index contributed by atoms with van der Waals surface area (Å²) in [5.74, 6) is 0.953. The molecule has 0 saturated heterocycles. The average molecular weight is 520 g/mol. The number of anilines is 1. The van der Waals surface area contributed by atoms with Crippen molar-refractivity contribution in [3.63, 3.8) is 0 Å². The first-order chi connectivity index (χ1) is 18.6. The second kappa shape index (κ2) is 9.95. The molecule has 0 radical (unpaired) electrons. The molecule has 8 heteroatoms. The van der Waals surface area contributed by atoms with Crippen molar-refractivity contribution in [2.75, 3.05) is 12.4 Å². The van der Waals surface area contributed by atoms with Gasteiger partial charge in [-0.05, 0) is 35.4 Å². The summed E-state index contributed by atoms with van der Waals surface area (Å²) in [6, 6.07) is 30.7. The smallest absolute Gasteiger partial charge is 0.280 e. The number of benzene rings is 3. The summed E-state index contributed by atoms with van der Waals surface area (Å²) < 4.78 is 6.86. The zero-order valence-corrected chi connectivity index (χ0v) is 21.2. The molecule has 0 aliphatic carbocycles. The number of hydrogen-bond donors (Lipinski definition) is 1. The number of carbonyl (C=O) groups excluding carboxylic acids is 1. The maximum atomic E-state index is 14.2. The second-order valence-corrected chi connectivity index (χ2v) is 9.13. The Balaban J connectivity index is 1.55. The van der Waals surface area contributed by atoms with E-state index in [1.807, 2.05) is 84.9 Å². The number of fused-ring (bicyclic) bond motifs is 1. The number of allylic oxidation sites excluding steroid dienone is 2. The standard InChI is InChI=1S/C30H22ClN5O2/c1-38-22-14-12-20(13-15-22)27-23(32-26-17-16-25(31)33-34-26)18-24-28(19-8-4-2-5-9-19)29(35-36(24)30(27)37)21-10-6-3-7-11-21/h2-17H,18H2,1H3,(H,32,34). The highest BCUT2D eigenvalue weighted by Gasteiger charge is 2.33. The van der Waals surface area contributed by atoms with E-state index in [1.54, 1.807) is 19.2 Å². The fourth-order valence-corrected chi connectivity index (χ4v) is 4.78. The molecule has 38 heavy (non-hydrogen) atoms. The van der Waals surface area contributed by atoms with Crippen molar-refractivity contribution in [2.24, 2.45) is 0 Å². The molecule has 0 atom stereocenters. The van der Waals surface area contributed by atoms with Gasteiger partial charge in [0, 0.05) is 23.2 Å². The summed E-state index contributed by atoms with van der Waals surface area (Å²) in [7, 11) is 1.61. The zero-order valence-electron chi connectivity index (χ0n) is 20.4. The van der Waals surface area contributed by atoms with E-state index in [0.29, 0.717) is 29.3 Å². The number of methoxy groups -OCH3 is 1. The van der Waals surface area contributed by atoms with Gasteiger partial charge in [0.25, 0.3) is 5.91 Å².